The minimum Gasteiger partial charge on any atom is -0.351 e. The van der Waals surface area contributed by atoms with Gasteiger partial charge in [0.05, 0.1) is 11.4 Å². The highest BCUT2D eigenvalue weighted by atomic mass is 32.2. The normalized spacial score (nSPS) is 15.0. The van der Waals surface area contributed by atoms with Crippen LogP contribution in [0.2, 0.25) is 0 Å². The summed E-state index contributed by atoms with van der Waals surface area (Å²) in [4.78, 5) is 12.0. The van der Waals surface area contributed by atoms with Gasteiger partial charge in [0, 0.05) is 20.6 Å². The van der Waals surface area contributed by atoms with E-state index in [9.17, 15) is 13.2 Å². The summed E-state index contributed by atoms with van der Waals surface area (Å²) in [6.07, 6.45) is 2.48. The van der Waals surface area contributed by atoms with Gasteiger partial charge in [0.1, 0.15) is 0 Å². The van der Waals surface area contributed by atoms with Gasteiger partial charge in [-0.3, -0.25) is 4.79 Å². The molecule has 0 atom stereocenters. The highest BCUT2D eigenvalue weighted by Crippen LogP contribution is 2.27. The number of hydrogen-bond acceptors (Lipinski definition) is 4. The summed E-state index contributed by atoms with van der Waals surface area (Å²) in [6.45, 7) is 1.34. The second kappa shape index (κ2) is 7.21. The molecule has 1 saturated carbocycles. The Morgan fingerprint density at radius 1 is 1.27 bits per heavy atom. The summed E-state index contributed by atoms with van der Waals surface area (Å²) in [5.41, 5.74) is 0.590. The highest BCUT2D eigenvalue weighted by molar-refractivity contribution is 7.89. The van der Waals surface area contributed by atoms with Gasteiger partial charge in [-0.05, 0) is 36.9 Å². The summed E-state index contributed by atoms with van der Waals surface area (Å²) in [7, 11) is -0.524. The van der Waals surface area contributed by atoms with E-state index in [2.05, 4.69) is 10.6 Å². The first-order valence-corrected chi connectivity index (χ1v) is 8.83. The maximum Gasteiger partial charge on any atom is 0.242 e. The van der Waals surface area contributed by atoms with Crippen LogP contribution in [0.15, 0.2) is 29.2 Å². The van der Waals surface area contributed by atoms with Gasteiger partial charge in [-0.15, -0.1) is 0 Å². The largest absolute Gasteiger partial charge is 0.351 e. The second-order valence-corrected chi connectivity index (χ2v) is 7.87. The summed E-state index contributed by atoms with van der Waals surface area (Å²) in [5, 5.41) is 5.87. The molecule has 1 amide bonds. The van der Waals surface area contributed by atoms with Crippen LogP contribution >= 0.6 is 0 Å². The lowest BCUT2D eigenvalue weighted by atomic mass is 10.2. The lowest BCUT2D eigenvalue weighted by Gasteiger charge is -2.15. The standard InChI is InChI=1S/C15H23N3O3S/c1-18(2)22(20,21)14-6-4-3-5-13(14)10-17-15(19)11-16-9-12-7-8-12/h3-6,12,16H,7-11H2,1-2H3,(H,17,19). The van der Waals surface area contributed by atoms with Crippen LogP contribution in [0.1, 0.15) is 18.4 Å². The molecule has 2 N–H and O–H groups in total. The van der Waals surface area contributed by atoms with Crippen molar-refractivity contribution in [3.8, 4) is 0 Å². The fraction of sp³-hybridized carbons (Fsp3) is 0.533. The molecule has 0 radical (unpaired) electrons. The fourth-order valence-corrected chi connectivity index (χ4v) is 3.18. The minimum atomic E-state index is -3.51. The van der Waals surface area contributed by atoms with Crippen molar-refractivity contribution >= 4 is 15.9 Å². The number of carbonyl (C=O) groups is 1. The van der Waals surface area contributed by atoms with E-state index in [0.29, 0.717) is 5.56 Å². The molecule has 0 bridgehead atoms. The average molecular weight is 325 g/mol. The number of rotatable bonds is 8. The molecule has 1 fully saturated rings. The maximum atomic E-state index is 12.3. The molecular formula is C15H23N3O3S. The Hall–Kier alpha value is -1.44. The SMILES string of the molecule is CN(C)S(=O)(=O)c1ccccc1CNC(=O)CNCC1CC1. The molecule has 22 heavy (non-hydrogen) atoms. The molecule has 0 aliphatic heterocycles. The molecule has 0 saturated heterocycles. The third-order valence-corrected chi connectivity index (χ3v) is 5.54. The molecule has 7 heteroatoms. The van der Waals surface area contributed by atoms with E-state index < -0.39 is 10.0 Å². The van der Waals surface area contributed by atoms with Crippen molar-refractivity contribution in [2.24, 2.45) is 5.92 Å². The van der Waals surface area contributed by atoms with Crippen molar-refractivity contribution in [2.45, 2.75) is 24.3 Å². The van der Waals surface area contributed by atoms with Crippen LogP contribution in [0, 0.1) is 5.92 Å². The van der Waals surface area contributed by atoms with Crippen molar-refractivity contribution in [2.75, 3.05) is 27.2 Å². The quantitative estimate of drug-likeness (QED) is 0.732. The van der Waals surface area contributed by atoms with Crippen LogP contribution in [0.3, 0.4) is 0 Å². The Bertz CT molecular complexity index is 625. The molecule has 0 aromatic heterocycles. The van der Waals surface area contributed by atoms with Crippen molar-refractivity contribution < 1.29 is 13.2 Å². The molecule has 122 valence electrons. The maximum absolute atomic E-state index is 12.3. The minimum absolute atomic E-state index is 0.127. The Balaban J connectivity index is 1.93. The Morgan fingerprint density at radius 2 is 1.95 bits per heavy atom. The molecule has 0 unspecified atom stereocenters. The van der Waals surface area contributed by atoms with E-state index in [4.69, 9.17) is 0 Å². The molecule has 0 spiro atoms. The van der Waals surface area contributed by atoms with E-state index in [1.807, 2.05) is 0 Å². The monoisotopic (exact) mass is 325 g/mol. The first-order valence-electron chi connectivity index (χ1n) is 7.39. The number of benzene rings is 1. The zero-order valence-corrected chi connectivity index (χ0v) is 13.8. The van der Waals surface area contributed by atoms with Gasteiger partial charge in [-0.2, -0.15) is 0 Å². The van der Waals surface area contributed by atoms with E-state index in [1.54, 1.807) is 24.3 Å². The third kappa shape index (κ3) is 4.53. The second-order valence-electron chi connectivity index (χ2n) is 5.75. The summed E-state index contributed by atoms with van der Waals surface area (Å²) in [5.74, 6) is 0.594. The van der Waals surface area contributed by atoms with Crippen LogP contribution in [-0.4, -0.2) is 45.8 Å². The van der Waals surface area contributed by atoms with E-state index in [-0.39, 0.29) is 23.9 Å². The molecule has 0 heterocycles. The first-order chi connectivity index (χ1) is 10.4. The molecule has 1 aliphatic rings. The molecule has 6 nitrogen and oxygen atoms in total. The van der Waals surface area contributed by atoms with Gasteiger partial charge < -0.3 is 10.6 Å². The number of amides is 1. The topological polar surface area (TPSA) is 78.5 Å². The zero-order chi connectivity index (χ0) is 16.2. The lowest BCUT2D eigenvalue weighted by molar-refractivity contribution is -0.120. The average Bonchev–Trinajstić information content (AvgIpc) is 3.29. The number of carbonyl (C=O) groups excluding carboxylic acids is 1. The summed E-state index contributed by atoms with van der Waals surface area (Å²) < 4.78 is 25.7. The van der Waals surface area contributed by atoms with Crippen molar-refractivity contribution in [1.82, 2.24) is 14.9 Å². The van der Waals surface area contributed by atoms with Gasteiger partial charge in [-0.1, -0.05) is 18.2 Å². The van der Waals surface area contributed by atoms with Gasteiger partial charge >= 0.3 is 0 Å². The van der Waals surface area contributed by atoms with Crippen LogP contribution in [0.4, 0.5) is 0 Å². The van der Waals surface area contributed by atoms with Gasteiger partial charge in [0.2, 0.25) is 15.9 Å². The first kappa shape index (κ1) is 16.9. The summed E-state index contributed by atoms with van der Waals surface area (Å²) in [6, 6.07) is 6.72. The molecule has 1 aromatic rings. The Morgan fingerprint density at radius 3 is 2.59 bits per heavy atom. The predicted molar refractivity (Wildman–Crippen MR) is 84.8 cm³/mol. The van der Waals surface area contributed by atoms with E-state index in [1.165, 1.54) is 31.2 Å². The predicted octanol–water partition coefficient (Wildman–Crippen LogP) is 0.553. The smallest absolute Gasteiger partial charge is 0.242 e. The zero-order valence-electron chi connectivity index (χ0n) is 13.0. The highest BCUT2D eigenvalue weighted by Gasteiger charge is 2.22. The van der Waals surface area contributed by atoms with Crippen molar-refractivity contribution in [1.29, 1.82) is 0 Å². The number of nitrogens with zero attached hydrogens (tertiary/aromatic N) is 1. The molecule has 1 aromatic carbocycles. The fourth-order valence-electron chi connectivity index (χ4n) is 2.07. The van der Waals surface area contributed by atoms with Gasteiger partial charge in [0.25, 0.3) is 0 Å². The van der Waals surface area contributed by atoms with E-state index in [0.717, 1.165) is 12.5 Å². The lowest BCUT2D eigenvalue weighted by Crippen LogP contribution is -2.34. The van der Waals surface area contributed by atoms with E-state index >= 15 is 0 Å². The number of sulfonamides is 1. The molecule has 2 rings (SSSR count). The summed E-state index contributed by atoms with van der Waals surface area (Å²) >= 11 is 0. The van der Waals surface area contributed by atoms with Crippen LogP contribution < -0.4 is 10.6 Å². The Kier molecular flexibility index (Phi) is 5.55. The molecule has 1 aliphatic carbocycles. The van der Waals surface area contributed by atoms with Gasteiger partial charge in [-0.25, -0.2) is 12.7 Å². The van der Waals surface area contributed by atoms with Crippen LogP contribution in [-0.2, 0) is 21.4 Å². The van der Waals surface area contributed by atoms with Crippen molar-refractivity contribution in [3.63, 3.8) is 0 Å². The van der Waals surface area contributed by atoms with Crippen LogP contribution in [0.5, 0.6) is 0 Å². The molecular weight excluding hydrogens is 302 g/mol. The number of nitrogens with one attached hydrogen (secondary N) is 2. The number of hydrogen-bond donors (Lipinski definition) is 2. The Labute approximate surface area is 131 Å². The third-order valence-electron chi connectivity index (χ3n) is 3.62. The van der Waals surface area contributed by atoms with Crippen molar-refractivity contribution in [3.05, 3.63) is 29.8 Å². The van der Waals surface area contributed by atoms with Gasteiger partial charge in [0.15, 0.2) is 0 Å². The van der Waals surface area contributed by atoms with Crippen LogP contribution in [0.25, 0.3) is 0 Å².